The molecular formula is C18H26ClNO3S. The Morgan fingerprint density at radius 1 is 1.25 bits per heavy atom. The number of halogens is 1. The summed E-state index contributed by atoms with van der Waals surface area (Å²) in [5, 5.41) is 0.631. The van der Waals surface area contributed by atoms with E-state index in [0.717, 1.165) is 18.4 Å². The van der Waals surface area contributed by atoms with Crippen molar-refractivity contribution in [1.29, 1.82) is 0 Å². The highest BCUT2D eigenvalue weighted by Gasteiger charge is 2.33. The number of rotatable bonds is 4. The van der Waals surface area contributed by atoms with Crippen LogP contribution in [0.2, 0.25) is 5.02 Å². The van der Waals surface area contributed by atoms with Crippen molar-refractivity contribution in [3.8, 4) is 0 Å². The molecule has 0 saturated carbocycles. The maximum absolute atomic E-state index is 12.4. The predicted molar refractivity (Wildman–Crippen MR) is 98.0 cm³/mol. The smallest absolute Gasteiger partial charge is 0.226 e. The molecule has 0 N–H and O–H groups in total. The summed E-state index contributed by atoms with van der Waals surface area (Å²) in [7, 11) is -3.11. The van der Waals surface area contributed by atoms with E-state index in [2.05, 4.69) is 0 Å². The van der Waals surface area contributed by atoms with Crippen LogP contribution in [0.25, 0.3) is 0 Å². The Labute approximate surface area is 150 Å². The molecule has 0 aliphatic carbocycles. The number of carbonyl (C=O) groups is 1. The summed E-state index contributed by atoms with van der Waals surface area (Å²) in [5.74, 6) is 0.436. The van der Waals surface area contributed by atoms with Gasteiger partial charge >= 0.3 is 0 Å². The molecule has 0 aromatic heterocycles. The third kappa shape index (κ3) is 4.96. The number of carbonyl (C=O) groups excluding carboxylic acids is 1. The first-order chi connectivity index (χ1) is 11.1. The number of sulfone groups is 1. The highest BCUT2D eigenvalue weighted by molar-refractivity contribution is 7.92. The second-order valence-electron chi connectivity index (χ2n) is 7.52. The maximum Gasteiger partial charge on any atom is 0.226 e. The van der Waals surface area contributed by atoms with Crippen LogP contribution in [0.4, 0.5) is 0 Å². The van der Waals surface area contributed by atoms with E-state index >= 15 is 0 Å². The lowest BCUT2D eigenvalue weighted by Gasteiger charge is -2.33. The Hall–Kier alpha value is -1.07. The number of likely N-dealkylation sites (tertiary alicyclic amines) is 1. The summed E-state index contributed by atoms with van der Waals surface area (Å²) in [6.45, 7) is 6.48. The second-order valence-corrected chi connectivity index (χ2v) is 10.7. The minimum atomic E-state index is -3.11. The maximum atomic E-state index is 12.4. The number of hydrogen-bond acceptors (Lipinski definition) is 3. The molecule has 0 radical (unpaired) electrons. The molecule has 6 heteroatoms. The monoisotopic (exact) mass is 371 g/mol. The minimum absolute atomic E-state index is 0.0781. The van der Waals surface area contributed by atoms with Gasteiger partial charge in [-0.1, -0.05) is 23.7 Å². The van der Waals surface area contributed by atoms with Crippen LogP contribution in [0, 0.1) is 5.92 Å². The molecule has 1 amide bonds. The second kappa shape index (κ2) is 7.44. The van der Waals surface area contributed by atoms with Crippen LogP contribution in [-0.2, 0) is 21.1 Å². The average Bonchev–Trinajstić information content (AvgIpc) is 2.46. The van der Waals surface area contributed by atoms with Crippen molar-refractivity contribution in [2.24, 2.45) is 5.92 Å². The first-order valence-electron chi connectivity index (χ1n) is 8.33. The zero-order valence-electron chi connectivity index (χ0n) is 14.6. The highest BCUT2D eigenvalue weighted by atomic mass is 35.5. The Morgan fingerprint density at radius 2 is 1.88 bits per heavy atom. The van der Waals surface area contributed by atoms with E-state index in [-0.39, 0.29) is 17.6 Å². The summed E-state index contributed by atoms with van der Waals surface area (Å²) in [5.41, 5.74) is 0.907. The van der Waals surface area contributed by atoms with Gasteiger partial charge in [0.25, 0.3) is 0 Å². The van der Waals surface area contributed by atoms with Gasteiger partial charge in [-0.2, -0.15) is 0 Å². The Kier molecular flexibility index (Phi) is 5.97. The van der Waals surface area contributed by atoms with Crippen LogP contribution in [0.5, 0.6) is 0 Å². The molecule has 134 valence electrons. The molecule has 0 atom stereocenters. The number of hydrogen-bond donors (Lipinski definition) is 0. The van der Waals surface area contributed by atoms with Gasteiger partial charge in [0, 0.05) is 18.1 Å². The van der Waals surface area contributed by atoms with E-state index < -0.39 is 14.6 Å². The van der Waals surface area contributed by atoms with Crippen molar-refractivity contribution in [1.82, 2.24) is 4.90 Å². The van der Waals surface area contributed by atoms with Gasteiger partial charge in [0.05, 0.1) is 16.9 Å². The Balaban J connectivity index is 1.87. The average molecular weight is 372 g/mol. The minimum Gasteiger partial charge on any atom is -0.342 e. The van der Waals surface area contributed by atoms with Gasteiger partial charge in [-0.25, -0.2) is 8.42 Å². The van der Waals surface area contributed by atoms with Gasteiger partial charge in [0.2, 0.25) is 5.91 Å². The van der Waals surface area contributed by atoms with E-state index in [1.165, 1.54) is 0 Å². The molecule has 0 bridgehead atoms. The van der Waals surface area contributed by atoms with Crippen LogP contribution in [0.3, 0.4) is 0 Å². The lowest BCUT2D eigenvalue weighted by atomic mass is 9.98. The van der Waals surface area contributed by atoms with Crippen molar-refractivity contribution in [2.75, 3.05) is 18.8 Å². The SMILES string of the molecule is CC(C)(C)S(=O)(=O)CC1CCN(C(=O)Cc2cccc(Cl)c2)CC1. The van der Waals surface area contributed by atoms with Gasteiger partial charge in [0.1, 0.15) is 0 Å². The van der Waals surface area contributed by atoms with Crippen LogP contribution >= 0.6 is 11.6 Å². The molecule has 2 rings (SSSR count). The molecule has 1 aromatic carbocycles. The fourth-order valence-electron chi connectivity index (χ4n) is 2.84. The molecule has 1 aromatic rings. The number of benzene rings is 1. The van der Waals surface area contributed by atoms with Gasteiger partial charge in [-0.15, -0.1) is 0 Å². The molecule has 1 fully saturated rings. The molecular weight excluding hydrogens is 346 g/mol. The van der Waals surface area contributed by atoms with Gasteiger partial charge in [-0.3, -0.25) is 4.79 Å². The van der Waals surface area contributed by atoms with Crippen molar-refractivity contribution >= 4 is 27.3 Å². The van der Waals surface area contributed by atoms with Crippen LogP contribution in [0.15, 0.2) is 24.3 Å². The van der Waals surface area contributed by atoms with Gasteiger partial charge in [0.15, 0.2) is 9.84 Å². The molecule has 1 saturated heterocycles. The molecule has 0 unspecified atom stereocenters. The zero-order valence-corrected chi connectivity index (χ0v) is 16.2. The first-order valence-corrected chi connectivity index (χ1v) is 10.4. The van der Waals surface area contributed by atoms with Crippen LogP contribution in [0.1, 0.15) is 39.2 Å². The Bertz CT molecular complexity index is 686. The zero-order chi connectivity index (χ0) is 18.0. The molecule has 0 spiro atoms. The third-order valence-electron chi connectivity index (χ3n) is 4.60. The lowest BCUT2D eigenvalue weighted by Crippen LogP contribution is -2.42. The van der Waals surface area contributed by atoms with Crippen LogP contribution < -0.4 is 0 Å². The van der Waals surface area contributed by atoms with E-state index in [9.17, 15) is 13.2 Å². The third-order valence-corrected chi connectivity index (χ3v) is 7.61. The highest BCUT2D eigenvalue weighted by Crippen LogP contribution is 2.25. The fourth-order valence-corrected chi connectivity index (χ4v) is 4.51. The number of piperidine rings is 1. The standard InChI is InChI=1S/C18H26ClNO3S/c1-18(2,3)24(22,23)13-14-7-9-20(10-8-14)17(21)12-15-5-4-6-16(19)11-15/h4-6,11,14H,7-10,12-13H2,1-3H3. The van der Waals surface area contributed by atoms with Crippen molar-refractivity contribution in [2.45, 2.75) is 44.8 Å². The molecule has 1 aliphatic heterocycles. The summed E-state index contributed by atoms with van der Waals surface area (Å²) in [4.78, 5) is 14.2. The molecule has 24 heavy (non-hydrogen) atoms. The fraction of sp³-hybridized carbons (Fsp3) is 0.611. The van der Waals surface area contributed by atoms with Crippen molar-refractivity contribution in [3.05, 3.63) is 34.9 Å². The quantitative estimate of drug-likeness (QED) is 0.815. The molecule has 1 heterocycles. The summed E-state index contributed by atoms with van der Waals surface area (Å²) < 4.78 is 23.9. The summed E-state index contributed by atoms with van der Waals surface area (Å²) >= 11 is 5.95. The van der Waals surface area contributed by atoms with E-state index in [4.69, 9.17) is 11.6 Å². The van der Waals surface area contributed by atoms with E-state index in [1.807, 2.05) is 23.1 Å². The van der Waals surface area contributed by atoms with Crippen LogP contribution in [-0.4, -0.2) is 42.8 Å². The predicted octanol–water partition coefficient (Wildman–Crippen LogP) is 3.33. The number of amides is 1. The topological polar surface area (TPSA) is 54.5 Å². The van der Waals surface area contributed by atoms with Gasteiger partial charge in [-0.05, 0) is 57.2 Å². The summed E-state index contributed by atoms with van der Waals surface area (Å²) in [6, 6.07) is 7.33. The first kappa shape index (κ1) is 19.3. The van der Waals surface area contributed by atoms with Crippen molar-refractivity contribution < 1.29 is 13.2 Å². The van der Waals surface area contributed by atoms with E-state index in [1.54, 1.807) is 26.8 Å². The van der Waals surface area contributed by atoms with E-state index in [0.29, 0.717) is 24.5 Å². The Morgan fingerprint density at radius 3 is 2.42 bits per heavy atom. The summed E-state index contributed by atoms with van der Waals surface area (Å²) in [6.07, 6.45) is 1.83. The largest absolute Gasteiger partial charge is 0.342 e. The normalized spacial score (nSPS) is 17.1. The van der Waals surface area contributed by atoms with Crippen molar-refractivity contribution in [3.63, 3.8) is 0 Å². The molecule has 1 aliphatic rings. The van der Waals surface area contributed by atoms with Gasteiger partial charge < -0.3 is 4.90 Å². The molecule has 4 nitrogen and oxygen atoms in total. The number of nitrogens with zero attached hydrogens (tertiary/aromatic N) is 1. The lowest BCUT2D eigenvalue weighted by molar-refractivity contribution is -0.131.